The van der Waals surface area contributed by atoms with Crippen LogP contribution in [0.25, 0.3) is 33.5 Å². The van der Waals surface area contributed by atoms with Gasteiger partial charge in [-0.15, -0.1) is 0 Å². The molecule has 0 atom stereocenters. The molecule has 0 fully saturated rings. The van der Waals surface area contributed by atoms with Gasteiger partial charge in [0.2, 0.25) is 0 Å². The number of ether oxygens (including phenoxy) is 2. The van der Waals surface area contributed by atoms with E-state index in [0.717, 1.165) is 73.0 Å². The van der Waals surface area contributed by atoms with E-state index in [1.54, 1.807) is 12.2 Å². The molecular formula is C51H48N2O2. The highest BCUT2D eigenvalue weighted by molar-refractivity contribution is 5.82. The van der Waals surface area contributed by atoms with Gasteiger partial charge in [0.15, 0.2) is 0 Å². The monoisotopic (exact) mass is 720 g/mol. The van der Waals surface area contributed by atoms with Crippen molar-refractivity contribution in [3.05, 3.63) is 211 Å². The molecule has 0 saturated heterocycles. The summed E-state index contributed by atoms with van der Waals surface area (Å²) in [6, 6.07) is 41.9. The van der Waals surface area contributed by atoms with Crippen molar-refractivity contribution in [2.24, 2.45) is 0 Å². The van der Waals surface area contributed by atoms with Crippen molar-refractivity contribution in [3.8, 4) is 45.6 Å². The standard InChI is InChI=1S/C51H48N2O2/c1-6-9-19-38(4)48-35-44(28-31-51(48)54-8-3)46-33-41(32-45(34-46)42-26-29-47(30-27-42)55-50-25-17-16-20-39(50)5)37-53-49(43-22-13-11-14-23-43)24-15-10-12-21-40(36-52)18-7-2/h6-7,9-14,16-35,53H,1,4,8,15,37H2,2-3,5H3/b12-10+,18-7-,19-9-,40-21+,49-24-. The van der Waals surface area contributed by atoms with Crippen molar-refractivity contribution in [1.82, 2.24) is 5.32 Å². The van der Waals surface area contributed by atoms with Gasteiger partial charge < -0.3 is 14.8 Å². The van der Waals surface area contributed by atoms with Crippen LogP contribution in [0.1, 0.15) is 42.5 Å². The van der Waals surface area contributed by atoms with Gasteiger partial charge in [0, 0.05) is 17.8 Å². The third-order valence-corrected chi connectivity index (χ3v) is 8.81. The largest absolute Gasteiger partial charge is 0.493 e. The second-order valence-corrected chi connectivity index (χ2v) is 12.8. The minimum absolute atomic E-state index is 0.556. The fourth-order valence-corrected chi connectivity index (χ4v) is 6.01. The van der Waals surface area contributed by atoms with E-state index < -0.39 is 0 Å². The van der Waals surface area contributed by atoms with Gasteiger partial charge in [-0.2, -0.15) is 5.26 Å². The van der Waals surface area contributed by atoms with Crippen LogP contribution >= 0.6 is 0 Å². The summed E-state index contributed by atoms with van der Waals surface area (Å²) in [5, 5.41) is 13.1. The Morgan fingerprint density at radius 2 is 1.53 bits per heavy atom. The number of rotatable bonds is 17. The number of nitrogens with zero attached hydrogens (tertiary/aromatic N) is 1. The molecule has 274 valence electrons. The lowest BCUT2D eigenvalue weighted by atomic mass is 9.93. The number of para-hydroxylation sites is 1. The molecule has 0 amide bonds. The molecule has 0 radical (unpaired) electrons. The molecule has 4 heteroatoms. The number of nitrogens with one attached hydrogen (secondary N) is 1. The lowest BCUT2D eigenvalue weighted by molar-refractivity contribution is 0.339. The van der Waals surface area contributed by atoms with Crippen molar-refractivity contribution in [1.29, 1.82) is 5.26 Å². The van der Waals surface area contributed by atoms with Gasteiger partial charge >= 0.3 is 0 Å². The summed E-state index contributed by atoms with van der Waals surface area (Å²) in [4.78, 5) is 0. The first-order valence-corrected chi connectivity index (χ1v) is 18.5. The first-order chi connectivity index (χ1) is 26.9. The van der Waals surface area contributed by atoms with E-state index >= 15 is 0 Å². The average Bonchev–Trinajstić information content (AvgIpc) is 3.22. The molecular weight excluding hydrogens is 673 g/mol. The van der Waals surface area contributed by atoms with E-state index in [1.807, 2.05) is 112 Å². The second kappa shape index (κ2) is 20.4. The van der Waals surface area contributed by atoms with Crippen LogP contribution in [0.5, 0.6) is 17.2 Å². The Morgan fingerprint density at radius 1 is 0.800 bits per heavy atom. The Bertz CT molecular complexity index is 2280. The fraction of sp³-hybridized carbons (Fsp3) is 0.118. The smallest absolute Gasteiger partial charge is 0.130 e. The van der Waals surface area contributed by atoms with Crippen LogP contribution < -0.4 is 14.8 Å². The summed E-state index contributed by atoms with van der Waals surface area (Å²) in [5.41, 5.74) is 11.0. The molecule has 5 aromatic carbocycles. The zero-order chi connectivity index (χ0) is 38.8. The predicted octanol–water partition coefficient (Wildman–Crippen LogP) is 13.4. The van der Waals surface area contributed by atoms with Crippen molar-refractivity contribution in [2.45, 2.75) is 33.7 Å². The molecule has 0 bridgehead atoms. The van der Waals surface area contributed by atoms with Gasteiger partial charge in [-0.1, -0.05) is 122 Å². The van der Waals surface area contributed by atoms with E-state index in [4.69, 9.17) is 9.47 Å². The van der Waals surface area contributed by atoms with Crippen molar-refractivity contribution >= 4 is 11.3 Å². The summed E-state index contributed by atoms with van der Waals surface area (Å²) in [6.45, 7) is 15.2. The van der Waals surface area contributed by atoms with Gasteiger partial charge in [-0.25, -0.2) is 0 Å². The van der Waals surface area contributed by atoms with E-state index in [0.29, 0.717) is 25.1 Å². The lowest BCUT2D eigenvalue weighted by Crippen LogP contribution is -2.12. The Kier molecular flexibility index (Phi) is 14.6. The maximum absolute atomic E-state index is 9.35. The van der Waals surface area contributed by atoms with E-state index in [1.165, 1.54) is 0 Å². The first kappa shape index (κ1) is 39.4. The summed E-state index contributed by atoms with van der Waals surface area (Å²) in [7, 11) is 0. The molecule has 0 aliphatic carbocycles. The van der Waals surface area contributed by atoms with E-state index in [9.17, 15) is 5.26 Å². The number of nitriles is 1. The highest BCUT2D eigenvalue weighted by atomic mass is 16.5. The van der Waals surface area contributed by atoms with Gasteiger partial charge in [0.05, 0.1) is 18.2 Å². The zero-order valence-corrected chi connectivity index (χ0v) is 32.0. The number of hydrogen-bond donors (Lipinski definition) is 1. The average molecular weight is 721 g/mol. The lowest BCUT2D eigenvalue weighted by Gasteiger charge is -2.16. The minimum atomic E-state index is 0.556. The molecule has 0 heterocycles. The molecule has 0 saturated carbocycles. The Labute approximate surface area is 327 Å². The zero-order valence-electron chi connectivity index (χ0n) is 32.0. The van der Waals surface area contributed by atoms with Gasteiger partial charge in [-0.05, 0) is 132 Å². The molecule has 5 rings (SSSR count). The molecule has 0 spiro atoms. The van der Waals surface area contributed by atoms with Crippen LogP contribution in [0.4, 0.5) is 0 Å². The molecule has 0 aromatic heterocycles. The normalized spacial score (nSPS) is 11.9. The molecule has 0 unspecified atom stereocenters. The third kappa shape index (κ3) is 11.3. The number of allylic oxidation sites excluding steroid dienone is 11. The second-order valence-electron chi connectivity index (χ2n) is 12.8. The Morgan fingerprint density at radius 3 is 2.24 bits per heavy atom. The highest BCUT2D eigenvalue weighted by Crippen LogP contribution is 2.35. The predicted molar refractivity (Wildman–Crippen MR) is 232 cm³/mol. The van der Waals surface area contributed by atoms with Crippen LogP contribution in [0, 0.1) is 18.3 Å². The summed E-state index contributed by atoms with van der Waals surface area (Å²) < 4.78 is 12.2. The van der Waals surface area contributed by atoms with Crippen molar-refractivity contribution in [3.63, 3.8) is 0 Å². The van der Waals surface area contributed by atoms with Gasteiger partial charge in [0.25, 0.3) is 0 Å². The molecule has 1 N–H and O–H groups in total. The van der Waals surface area contributed by atoms with Crippen LogP contribution in [0.3, 0.4) is 0 Å². The minimum Gasteiger partial charge on any atom is -0.493 e. The number of hydrogen-bond acceptors (Lipinski definition) is 4. The van der Waals surface area contributed by atoms with E-state index in [2.05, 4.69) is 91.3 Å². The van der Waals surface area contributed by atoms with Crippen molar-refractivity contribution < 1.29 is 9.47 Å². The Balaban J connectivity index is 1.52. The van der Waals surface area contributed by atoms with Crippen molar-refractivity contribution in [2.75, 3.05) is 6.61 Å². The maximum atomic E-state index is 9.35. The van der Waals surface area contributed by atoms with Crippen LogP contribution in [-0.4, -0.2) is 6.61 Å². The van der Waals surface area contributed by atoms with Crippen LogP contribution in [0.2, 0.25) is 0 Å². The summed E-state index contributed by atoms with van der Waals surface area (Å²) in [5.74, 6) is 2.42. The maximum Gasteiger partial charge on any atom is 0.130 e. The molecule has 0 aliphatic rings. The third-order valence-electron chi connectivity index (χ3n) is 8.81. The quantitative estimate of drug-likeness (QED) is 0.0767. The molecule has 0 aliphatic heterocycles. The Hall–Kier alpha value is -6.83. The first-order valence-electron chi connectivity index (χ1n) is 18.5. The van der Waals surface area contributed by atoms with Gasteiger partial charge in [-0.3, -0.25) is 0 Å². The van der Waals surface area contributed by atoms with E-state index in [-0.39, 0.29) is 0 Å². The molecule has 55 heavy (non-hydrogen) atoms. The summed E-state index contributed by atoms with van der Waals surface area (Å²) >= 11 is 0. The van der Waals surface area contributed by atoms with Crippen LogP contribution in [0.15, 0.2) is 189 Å². The topological polar surface area (TPSA) is 54.3 Å². The molecule has 5 aromatic rings. The number of benzene rings is 5. The fourth-order valence-electron chi connectivity index (χ4n) is 6.01. The highest BCUT2D eigenvalue weighted by Gasteiger charge is 2.12. The van der Waals surface area contributed by atoms with Gasteiger partial charge in [0.1, 0.15) is 17.2 Å². The molecule has 4 nitrogen and oxygen atoms in total. The SMILES string of the molecule is C=C/C=C\C(=C)c1cc(-c2cc(CN/C(=C\C/C=C/C=C(C#N)\C=C/C)c3ccccc3)cc(-c3ccc(Oc4ccccc4C)cc3)c2)ccc1OCC. The number of aryl methyl sites for hydroxylation is 1. The van der Waals surface area contributed by atoms with Crippen LogP contribution in [-0.2, 0) is 6.54 Å². The summed E-state index contributed by atoms with van der Waals surface area (Å²) in [6.07, 6.45) is 17.9.